The van der Waals surface area contributed by atoms with Crippen molar-refractivity contribution in [3.05, 3.63) is 41.0 Å². The van der Waals surface area contributed by atoms with Gasteiger partial charge in [0.2, 0.25) is 0 Å². The topological polar surface area (TPSA) is 43.4 Å². The molecule has 0 aliphatic heterocycles. The summed E-state index contributed by atoms with van der Waals surface area (Å²) in [5.41, 5.74) is 5.99. The lowest BCUT2D eigenvalue weighted by molar-refractivity contribution is 0.299. The van der Waals surface area contributed by atoms with E-state index in [1.165, 1.54) is 16.7 Å². The summed E-state index contributed by atoms with van der Waals surface area (Å²) in [5.74, 6) is 1.78. The molecule has 0 bridgehead atoms. The molecular weight excluding hydrogens is 400 g/mol. The summed E-state index contributed by atoms with van der Waals surface area (Å²) in [4.78, 5) is 4.94. The highest BCUT2D eigenvalue weighted by atomic mass is 28.3. The van der Waals surface area contributed by atoms with Crippen molar-refractivity contribution >= 4 is 14.9 Å². The standard InChI is InChI=1S/C26H42N2O2Si/c1-11-18-15-19(21-13-12-14-22(28-21)27-17-25(2,3)4)24(29-8)20(16-30-31(9)10)23(18)26(5,6)7/h12-15,31H,11,16-17H2,1-10H3,(H,27,28). The number of methoxy groups -OCH3 is 1. The quantitative estimate of drug-likeness (QED) is 0.469. The average molecular weight is 443 g/mol. The maximum atomic E-state index is 6.22. The highest BCUT2D eigenvalue weighted by Gasteiger charge is 2.27. The first-order chi connectivity index (χ1) is 14.4. The van der Waals surface area contributed by atoms with E-state index < -0.39 is 9.04 Å². The predicted molar refractivity (Wildman–Crippen MR) is 136 cm³/mol. The van der Waals surface area contributed by atoms with Crippen LogP contribution in [0.2, 0.25) is 13.1 Å². The third-order valence-corrected chi connectivity index (χ3v) is 6.01. The first-order valence-corrected chi connectivity index (χ1v) is 14.2. The third-order valence-electron chi connectivity index (χ3n) is 5.18. The lowest BCUT2D eigenvalue weighted by atomic mass is 9.78. The van der Waals surface area contributed by atoms with Crippen LogP contribution >= 0.6 is 0 Å². The number of nitrogens with zero attached hydrogens (tertiary/aromatic N) is 1. The van der Waals surface area contributed by atoms with E-state index in [0.29, 0.717) is 6.61 Å². The lowest BCUT2D eigenvalue weighted by Crippen LogP contribution is -2.21. The fraction of sp³-hybridized carbons (Fsp3) is 0.577. The minimum absolute atomic E-state index is 0.00206. The van der Waals surface area contributed by atoms with Crippen molar-refractivity contribution in [1.29, 1.82) is 0 Å². The van der Waals surface area contributed by atoms with Crippen LogP contribution in [-0.4, -0.2) is 27.7 Å². The van der Waals surface area contributed by atoms with E-state index in [-0.39, 0.29) is 10.8 Å². The highest BCUT2D eigenvalue weighted by molar-refractivity contribution is 6.48. The van der Waals surface area contributed by atoms with E-state index in [9.17, 15) is 0 Å². The molecule has 0 amide bonds. The molecule has 4 nitrogen and oxygen atoms in total. The van der Waals surface area contributed by atoms with Crippen LogP contribution < -0.4 is 10.1 Å². The Morgan fingerprint density at radius 3 is 2.26 bits per heavy atom. The van der Waals surface area contributed by atoms with Crippen molar-refractivity contribution < 1.29 is 9.16 Å². The largest absolute Gasteiger partial charge is 0.496 e. The number of nitrogens with one attached hydrogen (secondary N) is 1. The molecule has 2 rings (SSSR count). The zero-order valence-corrected chi connectivity index (χ0v) is 22.4. The molecule has 1 aromatic carbocycles. The summed E-state index contributed by atoms with van der Waals surface area (Å²) in [6, 6.07) is 8.43. The van der Waals surface area contributed by atoms with Crippen molar-refractivity contribution in [3.63, 3.8) is 0 Å². The van der Waals surface area contributed by atoms with Gasteiger partial charge in [-0.25, -0.2) is 4.98 Å². The number of rotatable bonds is 8. The van der Waals surface area contributed by atoms with Crippen molar-refractivity contribution in [1.82, 2.24) is 4.98 Å². The average Bonchev–Trinajstić information content (AvgIpc) is 2.68. The Morgan fingerprint density at radius 1 is 1.06 bits per heavy atom. The van der Waals surface area contributed by atoms with Crippen LogP contribution in [0.15, 0.2) is 24.3 Å². The summed E-state index contributed by atoms with van der Waals surface area (Å²) < 4.78 is 12.3. The number of anilines is 1. The van der Waals surface area contributed by atoms with Gasteiger partial charge >= 0.3 is 0 Å². The SMILES string of the molecule is CCc1cc(-c2cccc(NCC(C)(C)C)n2)c(OC)c(CO[SiH](C)C)c1C(C)(C)C. The molecule has 1 heterocycles. The molecule has 0 spiro atoms. The number of hydrogen-bond acceptors (Lipinski definition) is 4. The van der Waals surface area contributed by atoms with Gasteiger partial charge in [0.1, 0.15) is 11.6 Å². The molecule has 31 heavy (non-hydrogen) atoms. The molecule has 1 aromatic heterocycles. The van der Waals surface area contributed by atoms with Gasteiger partial charge in [-0.3, -0.25) is 0 Å². The van der Waals surface area contributed by atoms with Gasteiger partial charge in [0.25, 0.3) is 0 Å². The molecule has 0 atom stereocenters. The van der Waals surface area contributed by atoms with Gasteiger partial charge in [0, 0.05) is 17.7 Å². The molecule has 0 saturated carbocycles. The number of aromatic nitrogens is 1. The Hall–Kier alpha value is -1.85. The van der Waals surface area contributed by atoms with E-state index >= 15 is 0 Å². The van der Waals surface area contributed by atoms with Gasteiger partial charge in [0.15, 0.2) is 9.04 Å². The van der Waals surface area contributed by atoms with Gasteiger partial charge in [-0.2, -0.15) is 0 Å². The van der Waals surface area contributed by atoms with Gasteiger partial charge in [-0.15, -0.1) is 0 Å². The number of ether oxygens (including phenoxy) is 1. The maximum Gasteiger partial charge on any atom is 0.171 e. The molecule has 0 unspecified atom stereocenters. The summed E-state index contributed by atoms with van der Waals surface area (Å²) in [5, 5.41) is 3.48. The summed E-state index contributed by atoms with van der Waals surface area (Å²) >= 11 is 0. The van der Waals surface area contributed by atoms with E-state index in [2.05, 4.69) is 85.1 Å². The highest BCUT2D eigenvalue weighted by Crippen LogP contribution is 2.42. The van der Waals surface area contributed by atoms with Crippen molar-refractivity contribution in [2.24, 2.45) is 5.41 Å². The van der Waals surface area contributed by atoms with E-state index in [1.807, 2.05) is 6.07 Å². The van der Waals surface area contributed by atoms with Crippen LogP contribution in [0.5, 0.6) is 5.75 Å². The Labute approximate surface area is 191 Å². The second-order valence-electron chi connectivity index (χ2n) is 10.8. The van der Waals surface area contributed by atoms with Gasteiger partial charge in [0.05, 0.1) is 19.4 Å². The molecule has 0 aliphatic carbocycles. The zero-order chi connectivity index (χ0) is 23.4. The van der Waals surface area contributed by atoms with Crippen molar-refractivity contribution in [2.45, 2.75) is 80.0 Å². The minimum Gasteiger partial charge on any atom is -0.496 e. The van der Waals surface area contributed by atoms with Gasteiger partial charge in [-0.1, -0.05) is 54.5 Å². The summed E-state index contributed by atoms with van der Waals surface area (Å²) in [6.45, 7) is 21.5. The predicted octanol–water partition coefficient (Wildman–Crippen LogP) is 6.58. The second-order valence-corrected chi connectivity index (χ2v) is 13.2. The molecule has 0 aliphatic rings. The Bertz CT molecular complexity index is 880. The van der Waals surface area contributed by atoms with Crippen LogP contribution in [-0.2, 0) is 22.9 Å². The number of pyridine rings is 1. The lowest BCUT2D eigenvalue weighted by Gasteiger charge is -2.29. The molecule has 1 N–H and O–H groups in total. The van der Waals surface area contributed by atoms with Gasteiger partial charge < -0.3 is 14.5 Å². The van der Waals surface area contributed by atoms with Crippen LogP contribution in [0.25, 0.3) is 11.3 Å². The number of benzene rings is 1. The smallest absolute Gasteiger partial charge is 0.171 e. The first kappa shape index (κ1) is 25.4. The normalized spacial score (nSPS) is 12.4. The fourth-order valence-electron chi connectivity index (χ4n) is 3.85. The second kappa shape index (κ2) is 10.2. The monoisotopic (exact) mass is 442 g/mol. The number of aryl methyl sites for hydroxylation is 1. The van der Waals surface area contributed by atoms with Crippen LogP contribution in [0.3, 0.4) is 0 Å². The van der Waals surface area contributed by atoms with Crippen LogP contribution in [0, 0.1) is 5.41 Å². The zero-order valence-electron chi connectivity index (χ0n) is 21.3. The Balaban J connectivity index is 2.66. The van der Waals surface area contributed by atoms with Crippen LogP contribution in [0.4, 0.5) is 5.82 Å². The summed E-state index contributed by atoms with van der Waals surface area (Å²) in [7, 11) is 0.583. The maximum absolute atomic E-state index is 6.22. The first-order valence-electron chi connectivity index (χ1n) is 11.4. The van der Waals surface area contributed by atoms with Crippen LogP contribution in [0.1, 0.15) is 65.2 Å². The Morgan fingerprint density at radius 2 is 1.74 bits per heavy atom. The Kier molecular flexibility index (Phi) is 8.34. The summed E-state index contributed by atoms with van der Waals surface area (Å²) in [6.07, 6.45) is 0.956. The molecule has 0 fully saturated rings. The van der Waals surface area contributed by atoms with E-state index in [1.54, 1.807) is 7.11 Å². The molecule has 5 heteroatoms. The molecule has 0 radical (unpaired) electrons. The molecule has 0 saturated heterocycles. The molecule has 2 aromatic rings. The third kappa shape index (κ3) is 6.81. The fourth-order valence-corrected chi connectivity index (χ4v) is 4.35. The van der Waals surface area contributed by atoms with Crippen molar-refractivity contribution in [2.75, 3.05) is 19.0 Å². The molecule has 172 valence electrons. The minimum atomic E-state index is -1.18. The van der Waals surface area contributed by atoms with E-state index in [0.717, 1.165) is 35.8 Å². The van der Waals surface area contributed by atoms with E-state index in [4.69, 9.17) is 14.1 Å². The van der Waals surface area contributed by atoms with Crippen molar-refractivity contribution in [3.8, 4) is 17.0 Å². The number of hydrogen-bond donors (Lipinski definition) is 1. The molecular formula is C26H42N2O2Si. The van der Waals surface area contributed by atoms with Gasteiger partial charge in [-0.05, 0) is 59.7 Å².